The molecule has 2 unspecified atom stereocenters. The zero-order valence-electron chi connectivity index (χ0n) is 17.6. The fourth-order valence-electron chi connectivity index (χ4n) is 3.88. The van der Waals surface area contributed by atoms with E-state index in [1.165, 1.54) is 16.9 Å². The average molecular weight is 426 g/mol. The van der Waals surface area contributed by atoms with Crippen LogP contribution in [0.25, 0.3) is 11.3 Å². The highest BCUT2D eigenvalue weighted by Gasteiger charge is 2.23. The third-order valence-corrected chi connectivity index (χ3v) is 5.17. The summed E-state index contributed by atoms with van der Waals surface area (Å²) >= 11 is 0. The Labute approximate surface area is 179 Å². The molecule has 8 heteroatoms. The third-order valence-electron chi connectivity index (χ3n) is 5.17. The van der Waals surface area contributed by atoms with Crippen molar-refractivity contribution >= 4 is 17.3 Å². The first kappa shape index (κ1) is 21.0. The average Bonchev–Trinajstić information content (AvgIpc) is 3.09. The number of hydrogen-bond acceptors (Lipinski definition) is 4. The van der Waals surface area contributed by atoms with Crippen molar-refractivity contribution in [2.75, 3.05) is 23.3 Å². The van der Waals surface area contributed by atoms with Gasteiger partial charge in [0.25, 0.3) is 5.91 Å². The molecule has 0 radical (unpaired) electrons. The minimum absolute atomic E-state index is 0.0676. The van der Waals surface area contributed by atoms with E-state index in [-0.39, 0.29) is 29.0 Å². The van der Waals surface area contributed by atoms with Crippen molar-refractivity contribution in [1.29, 1.82) is 0 Å². The first-order chi connectivity index (χ1) is 14.8. The van der Waals surface area contributed by atoms with Crippen molar-refractivity contribution in [1.82, 2.24) is 9.78 Å². The predicted molar refractivity (Wildman–Crippen MR) is 115 cm³/mol. The van der Waals surface area contributed by atoms with Gasteiger partial charge in [0.05, 0.1) is 17.8 Å². The van der Waals surface area contributed by atoms with Gasteiger partial charge in [-0.15, -0.1) is 0 Å². The number of aromatic nitrogens is 2. The monoisotopic (exact) mass is 426 g/mol. The Morgan fingerprint density at radius 2 is 1.77 bits per heavy atom. The molecule has 1 fully saturated rings. The van der Waals surface area contributed by atoms with E-state index in [2.05, 4.69) is 15.3 Å². The predicted octanol–water partition coefficient (Wildman–Crippen LogP) is 4.23. The molecule has 1 aliphatic heterocycles. The molecule has 0 saturated carbocycles. The van der Waals surface area contributed by atoms with Crippen LogP contribution in [-0.4, -0.2) is 41.0 Å². The molecular formula is C23H24F2N4O2. The van der Waals surface area contributed by atoms with Gasteiger partial charge in [-0.3, -0.25) is 9.48 Å². The van der Waals surface area contributed by atoms with E-state index in [4.69, 9.17) is 4.74 Å². The molecule has 2 heterocycles. The molecule has 4 rings (SSSR count). The van der Waals surface area contributed by atoms with Crippen LogP contribution in [0.4, 0.5) is 20.2 Å². The van der Waals surface area contributed by atoms with Crippen LogP contribution in [0.15, 0.2) is 48.7 Å². The maximum Gasteiger partial charge on any atom is 0.259 e. The molecule has 1 aromatic heterocycles. The number of halogens is 2. The maximum absolute atomic E-state index is 14.3. The highest BCUT2D eigenvalue weighted by molar-refractivity contribution is 6.08. The number of ether oxygens (including phenoxy) is 1. The molecule has 1 amide bonds. The number of benzene rings is 2. The van der Waals surface area contributed by atoms with Crippen molar-refractivity contribution in [3.05, 3.63) is 65.9 Å². The Morgan fingerprint density at radius 1 is 1.10 bits per heavy atom. The Hall–Kier alpha value is -3.26. The molecule has 1 aliphatic rings. The van der Waals surface area contributed by atoms with E-state index in [0.717, 1.165) is 30.9 Å². The molecule has 1 saturated heterocycles. The summed E-state index contributed by atoms with van der Waals surface area (Å²) in [5.74, 6) is -1.88. The van der Waals surface area contributed by atoms with Crippen LogP contribution < -0.4 is 10.2 Å². The number of anilines is 2. The smallest absolute Gasteiger partial charge is 0.259 e. The minimum Gasteiger partial charge on any atom is -0.372 e. The lowest BCUT2D eigenvalue weighted by Crippen LogP contribution is -2.45. The molecular weight excluding hydrogens is 402 g/mol. The summed E-state index contributed by atoms with van der Waals surface area (Å²) in [6, 6.07) is 10.7. The van der Waals surface area contributed by atoms with Gasteiger partial charge >= 0.3 is 0 Å². The number of amides is 1. The van der Waals surface area contributed by atoms with Gasteiger partial charge in [0.2, 0.25) is 0 Å². The summed E-state index contributed by atoms with van der Waals surface area (Å²) in [6.45, 7) is 5.70. The number of hydrogen-bond donors (Lipinski definition) is 1. The molecule has 162 valence electrons. The van der Waals surface area contributed by atoms with Crippen molar-refractivity contribution in [2.24, 2.45) is 7.05 Å². The van der Waals surface area contributed by atoms with E-state index in [1.54, 1.807) is 7.05 Å². The summed E-state index contributed by atoms with van der Waals surface area (Å²) in [5, 5.41) is 7.03. The van der Waals surface area contributed by atoms with Gasteiger partial charge in [-0.2, -0.15) is 5.10 Å². The van der Waals surface area contributed by atoms with Gasteiger partial charge in [0, 0.05) is 49.3 Å². The van der Waals surface area contributed by atoms with Crippen LogP contribution in [0.2, 0.25) is 0 Å². The SMILES string of the molecule is CC1CN(c2ccc(NC(=O)c3cn(C)nc3-c3ccc(F)cc3F)cc2)CC(C)O1. The maximum atomic E-state index is 14.3. The first-order valence-corrected chi connectivity index (χ1v) is 10.1. The van der Waals surface area contributed by atoms with E-state index in [9.17, 15) is 13.6 Å². The Balaban J connectivity index is 1.53. The van der Waals surface area contributed by atoms with Crippen LogP contribution in [0.5, 0.6) is 0 Å². The fourth-order valence-corrected chi connectivity index (χ4v) is 3.88. The Kier molecular flexibility index (Phi) is 5.73. The zero-order valence-corrected chi connectivity index (χ0v) is 17.6. The van der Waals surface area contributed by atoms with Crippen LogP contribution in [-0.2, 0) is 11.8 Å². The van der Waals surface area contributed by atoms with Crippen molar-refractivity contribution in [2.45, 2.75) is 26.1 Å². The molecule has 0 spiro atoms. The number of carbonyl (C=O) groups is 1. The second kappa shape index (κ2) is 8.47. The van der Waals surface area contributed by atoms with Gasteiger partial charge in [-0.25, -0.2) is 8.78 Å². The number of rotatable bonds is 4. The fraction of sp³-hybridized carbons (Fsp3) is 0.304. The zero-order chi connectivity index (χ0) is 22.1. The number of nitrogens with one attached hydrogen (secondary N) is 1. The van der Waals surface area contributed by atoms with E-state index in [1.807, 2.05) is 38.1 Å². The molecule has 0 bridgehead atoms. The van der Waals surface area contributed by atoms with Crippen LogP contribution >= 0.6 is 0 Å². The second-order valence-corrected chi connectivity index (χ2v) is 7.85. The van der Waals surface area contributed by atoms with E-state index in [0.29, 0.717) is 5.69 Å². The lowest BCUT2D eigenvalue weighted by atomic mass is 10.1. The number of aryl methyl sites for hydroxylation is 1. The topological polar surface area (TPSA) is 59.4 Å². The molecule has 2 atom stereocenters. The van der Waals surface area contributed by atoms with Crippen LogP contribution in [0, 0.1) is 11.6 Å². The van der Waals surface area contributed by atoms with Crippen LogP contribution in [0.1, 0.15) is 24.2 Å². The van der Waals surface area contributed by atoms with Gasteiger partial charge < -0.3 is 15.0 Å². The summed E-state index contributed by atoms with van der Waals surface area (Å²) in [6.07, 6.45) is 1.82. The number of carbonyl (C=O) groups excluding carboxylic acids is 1. The number of morpholine rings is 1. The summed E-state index contributed by atoms with van der Waals surface area (Å²) in [7, 11) is 1.64. The van der Waals surface area contributed by atoms with E-state index < -0.39 is 17.5 Å². The van der Waals surface area contributed by atoms with E-state index >= 15 is 0 Å². The minimum atomic E-state index is -0.772. The highest BCUT2D eigenvalue weighted by atomic mass is 19.1. The highest BCUT2D eigenvalue weighted by Crippen LogP contribution is 2.27. The summed E-state index contributed by atoms with van der Waals surface area (Å²) in [5.41, 5.74) is 2.09. The standard InChI is InChI=1S/C23H24F2N4O2/c1-14-11-29(12-15(2)31-14)18-7-5-17(6-8-18)26-23(30)20-13-28(3)27-22(20)19-9-4-16(24)10-21(19)25/h4-10,13-15H,11-12H2,1-3H3,(H,26,30). The van der Waals surface area contributed by atoms with Gasteiger partial charge in [-0.1, -0.05) is 0 Å². The Morgan fingerprint density at radius 3 is 2.42 bits per heavy atom. The van der Waals surface area contributed by atoms with Gasteiger partial charge in [0.15, 0.2) is 0 Å². The number of nitrogens with zero attached hydrogens (tertiary/aromatic N) is 3. The molecule has 6 nitrogen and oxygen atoms in total. The molecule has 3 aromatic rings. The molecule has 1 N–H and O–H groups in total. The summed E-state index contributed by atoms with van der Waals surface area (Å²) in [4.78, 5) is 15.1. The lowest BCUT2D eigenvalue weighted by molar-refractivity contribution is -0.00521. The largest absolute Gasteiger partial charge is 0.372 e. The molecule has 31 heavy (non-hydrogen) atoms. The van der Waals surface area contributed by atoms with Gasteiger partial charge in [-0.05, 0) is 50.2 Å². The van der Waals surface area contributed by atoms with Gasteiger partial charge in [0.1, 0.15) is 17.3 Å². The normalized spacial score (nSPS) is 18.8. The quantitative estimate of drug-likeness (QED) is 0.678. The Bertz CT molecular complexity index is 1090. The van der Waals surface area contributed by atoms with Crippen molar-refractivity contribution in [3.8, 4) is 11.3 Å². The lowest BCUT2D eigenvalue weighted by Gasteiger charge is -2.36. The molecule has 0 aliphatic carbocycles. The first-order valence-electron chi connectivity index (χ1n) is 10.1. The van der Waals surface area contributed by atoms with Crippen molar-refractivity contribution < 1.29 is 18.3 Å². The van der Waals surface area contributed by atoms with Crippen LogP contribution in [0.3, 0.4) is 0 Å². The summed E-state index contributed by atoms with van der Waals surface area (Å²) < 4.78 is 34.7. The molecule has 2 aromatic carbocycles. The van der Waals surface area contributed by atoms with Crippen molar-refractivity contribution in [3.63, 3.8) is 0 Å². The third kappa shape index (κ3) is 4.59. The second-order valence-electron chi connectivity index (χ2n) is 7.85.